The number of furan rings is 1. The molecule has 0 atom stereocenters. The summed E-state index contributed by atoms with van der Waals surface area (Å²) in [6, 6.07) is 42.7. The van der Waals surface area contributed by atoms with Gasteiger partial charge in [0.15, 0.2) is 5.82 Å². The number of nitrogens with one attached hydrogen (secondary N) is 1. The molecule has 0 unspecified atom stereocenters. The lowest BCUT2D eigenvalue weighted by Crippen LogP contribution is -1.98. The molecule has 50 heavy (non-hydrogen) atoms. The molecule has 0 fully saturated rings. The number of aliphatic imine (C=N–C) groups is 1. The van der Waals surface area contributed by atoms with Crippen molar-refractivity contribution in [1.82, 2.24) is 9.97 Å². The third kappa shape index (κ3) is 5.78. The molecule has 0 amide bonds. The molecular weight excluding hydrogens is 633 g/mol. The molecule has 8 aromatic rings. The molecule has 5 aromatic carbocycles. The van der Waals surface area contributed by atoms with Crippen molar-refractivity contribution < 1.29 is 4.42 Å². The normalized spacial score (nSPS) is 11.7. The van der Waals surface area contributed by atoms with Crippen molar-refractivity contribution in [3.05, 3.63) is 175 Å². The Labute approximate surface area is 293 Å². The van der Waals surface area contributed by atoms with Gasteiger partial charge < -0.3 is 4.42 Å². The van der Waals surface area contributed by atoms with Crippen LogP contribution in [0.15, 0.2) is 174 Å². The van der Waals surface area contributed by atoms with Crippen molar-refractivity contribution in [3.63, 3.8) is 0 Å². The number of para-hydroxylation sites is 1. The van der Waals surface area contributed by atoms with Crippen LogP contribution in [0.4, 0.5) is 5.69 Å². The molecular formula is C44H30N4OS. The molecule has 8 rings (SSSR count). The zero-order valence-corrected chi connectivity index (χ0v) is 27.8. The van der Waals surface area contributed by atoms with E-state index in [9.17, 15) is 0 Å². The summed E-state index contributed by atoms with van der Waals surface area (Å²) in [6.07, 6.45) is 7.09. The average molecular weight is 663 g/mol. The lowest BCUT2D eigenvalue weighted by atomic mass is 10.0. The highest BCUT2D eigenvalue weighted by molar-refractivity contribution is 7.21. The van der Waals surface area contributed by atoms with Crippen LogP contribution in [0.25, 0.3) is 65.9 Å². The lowest BCUT2D eigenvalue weighted by Gasteiger charge is -2.09. The lowest BCUT2D eigenvalue weighted by molar-refractivity contribution is 0.669. The minimum atomic E-state index is 0.339. The van der Waals surface area contributed by atoms with Crippen molar-refractivity contribution in [3.8, 4) is 33.9 Å². The summed E-state index contributed by atoms with van der Waals surface area (Å²) in [6.45, 7) is 7.83. The van der Waals surface area contributed by atoms with E-state index in [1.54, 1.807) is 29.6 Å². The largest absolute Gasteiger partial charge is 0.455 e. The quantitative estimate of drug-likeness (QED) is 0.123. The van der Waals surface area contributed by atoms with Crippen molar-refractivity contribution in [2.24, 2.45) is 4.99 Å². The second-order valence-corrected chi connectivity index (χ2v) is 12.8. The number of benzene rings is 5. The molecule has 0 radical (unpaired) electrons. The summed E-state index contributed by atoms with van der Waals surface area (Å²) in [5.41, 5.74) is 8.58. The van der Waals surface area contributed by atoms with Gasteiger partial charge in [0, 0.05) is 38.2 Å². The van der Waals surface area contributed by atoms with Crippen molar-refractivity contribution >= 4 is 61.0 Å². The topological polar surface area (TPSA) is 75.1 Å². The van der Waals surface area contributed by atoms with Gasteiger partial charge in [-0.15, -0.1) is 11.3 Å². The number of hydrogen-bond acceptors (Lipinski definition) is 6. The Morgan fingerprint density at radius 2 is 1.42 bits per heavy atom. The van der Waals surface area contributed by atoms with Crippen LogP contribution in [0.2, 0.25) is 0 Å². The number of allylic oxidation sites excluding steroid dienone is 4. The first-order chi connectivity index (χ1) is 24.6. The standard InChI is InChI=1S/C44H30N4OS/c1-3-4-14-28(2)40(45)43-41(34-19-11-12-22-39(34)50-43)46-27-29-23-24-32-33-20-13-21-35(42(33)49-38(32)25-29)44-47-36(30-15-7-5-8-16-30)26-37(48-44)31-17-9-6-10-18-31/h3-27,45H,1-2H2/b14-4-,45-40?,46-27+. The fourth-order valence-electron chi connectivity index (χ4n) is 6.03. The van der Waals surface area contributed by atoms with Gasteiger partial charge in [0.25, 0.3) is 0 Å². The van der Waals surface area contributed by atoms with Crippen LogP contribution in [0, 0.1) is 5.41 Å². The summed E-state index contributed by atoms with van der Waals surface area (Å²) < 4.78 is 7.67. The Balaban J connectivity index is 1.21. The van der Waals surface area contributed by atoms with Gasteiger partial charge in [0.2, 0.25) is 0 Å². The Bertz CT molecular complexity index is 2590. The van der Waals surface area contributed by atoms with Gasteiger partial charge in [-0.25, -0.2) is 9.97 Å². The Morgan fingerprint density at radius 3 is 2.14 bits per heavy atom. The fraction of sp³-hybridized carbons (Fsp3) is 0. The zero-order valence-electron chi connectivity index (χ0n) is 27.0. The fourth-order valence-corrected chi connectivity index (χ4v) is 7.17. The third-order valence-corrected chi connectivity index (χ3v) is 9.70. The van der Waals surface area contributed by atoms with Crippen LogP contribution >= 0.6 is 11.3 Å². The summed E-state index contributed by atoms with van der Waals surface area (Å²) in [7, 11) is 0. The van der Waals surface area contributed by atoms with Gasteiger partial charge in [-0.2, -0.15) is 0 Å². The van der Waals surface area contributed by atoms with E-state index in [0.717, 1.165) is 76.2 Å². The van der Waals surface area contributed by atoms with Crippen LogP contribution in [0.3, 0.4) is 0 Å². The van der Waals surface area contributed by atoms with E-state index in [4.69, 9.17) is 24.8 Å². The highest BCUT2D eigenvalue weighted by atomic mass is 32.1. The maximum Gasteiger partial charge on any atom is 0.164 e. The number of hydrogen-bond donors (Lipinski definition) is 1. The second-order valence-electron chi connectivity index (χ2n) is 11.8. The molecule has 0 saturated heterocycles. The van der Waals surface area contributed by atoms with E-state index in [1.165, 1.54) is 0 Å². The van der Waals surface area contributed by atoms with E-state index in [2.05, 4.69) is 55.6 Å². The second kappa shape index (κ2) is 13.2. The minimum absolute atomic E-state index is 0.339. The van der Waals surface area contributed by atoms with Crippen LogP contribution in [0.1, 0.15) is 10.4 Å². The van der Waals surface area contributed by atoms with E-state index >= 15 is 0 Å². The molecule has 3 aromatic heterocycles. The number of nitrogens with zero attached hydrogens (tertiary/aromatic N) is 3. The average Bonchev–Trinajstić information content (AvgIpc) is 3.74. The summed E-state index contributed by atoms with van der Waals surface area (Å²) in [4.78, 5) is 15.8. The van der Waals surface area contributed by atoms with Gasteiger partial charge in [-0.1, -0.05) is 128 Å². The number of aromatic nitrogens is 2. The predicted molar refractivity (Wildman–Crippen MR) is 210 cm³/mol. The molecule has 0 aliphatic rings. The Morgan fingerprint density at radius 1 is 0.740 bits per heavy atom. The zero-order chi connectivity index (χ0) is 34.0. The van der Waals surface area contributed by atoms with E-state index in [-0.39, 0.29) is 0 Å². The van der Waals surface area contributed by atoms with Gasteiger partial charge in [0.05, 0.1) is 33.2 Å². The maximum atomic E-state index is 8.88. The highest BCUT2D eigenvalue weighted by Crippen LogP contribution is 2.40. The molecule has 0 bridgehead atoms. The predicted octanol–water partition coefficient (Wildman–Crippen LogP) is 12.0. The first kappa shape index (κ1) is 30.8. The summed E-state index contributed by atoms with van der Waals surface area (Å²) in [5, 5.41) is 11.9. The van der Waals surface area contributed by atoms with Crippen LogP contribution in [-0.2, 0) is 0 Å². The highest BCUT2D eigenvalue weighted by Gasteiger charge is 2.18. The third-order valence-electron chi connectivity index (χ3n) is 8.52. The Kier molecular flexibility index (Phi) is 8.13. The van der Waals surface area contributed by atoms with Crippen molar-refractivity contribution in [1.29, 1.82) is 5.41 Å². The number of fused-ring (bicyclic) bond motifs is 4. The molecule has 238 valence electrons. The molecule has 5 nitrogen and oxygen atoms in total. The number of thiophene rings is 1. The molecule has 0 saturated carbocycles. The van der Waals surface area contributed by atoms with Crippen LogP contribution in [0.5, 0.6) is 0 Å². The van der Waals surface area contributed by atoms with Gasteiger partial charge in [0.1, 0.15) is 11.2 Å². The molecule has 1 N–H and O–H groups in total. The van der Waals surface area contributed by atoms with Crippen molar-refractivity contribution in [2.45, 2.75) is 0 Å². The monoisotopic (exact) mass is 662 g/mol. The van der Waals surface area contributed by atoms with Gasteiger partial charge in [-0.3, -0.25) is 10.4 Å². The van der Waals surface area contributed by atoms with Crippen molar-refractivity contribution in [2.75, 3.05) is 0 Å². The van der Waals surface area contributed by atoms with Crippen LogP contribution in [-0.4, -0.2) is 21.9 Å². The smallest absolute Gasteiger partial charge is 0.164 e. The van der Waals surface area contributed by atoms with E-state index < -0.39 is 0 Å². The molecule has 3 heterocycles. The Hall–Kier alpha value is -6.50. The first-order valence-electron chi connectivity index (χ1n) is 16.2. The SMILES string of the molecule is C=C/C=C\C(=C)C(=N)c1sc2ccccc2c1/N=C/c1ccc2c(c1)oc1c(-c3nc(-c4ccccc4)cc(-c4ccccc4)n3)cccc12. The molecule has 0 aliphatic heterocycles. The summed E-state index contributed by atoms with van der Waals surface area (Å²) in [5.74, 6) is 0.598. The first-order valence-corrected chi connectivity index (χ1v) is 17.0. The minimum Gasteiger partial charge on any atom is -0.455 e. The van der Waals surface area contributed by atoms with Gasteiger partial charge >= 0.3 is 0 Å². The molecule has 6 heteroatoms. The van der Waals surface area contributed by atoms with E-state index in [0.29, 0.717) is 17.1 Å². The molecule has 0 spiro atoms. The summed E-state index contributed by atoms with van der Waals surface area (Å²) >= 11 is 1.54. The van der Waals surface area contributed by atoms with E-state index in [1.807, 2.05) is 91.1 Å². The maximum absolute atomic E-state index is 8.88. The molecule has 0 aliphatic carbocycles. The van der Waals surface area contributed by atoms with Gasteiger partial charge in [-0.05, 0) is 41.5 Å². The number of rotatable bonds is 9. The van der Waals surface area contributed by atoms with Crippen LogP contribution < -0.4 is 0 Å².